The molecule has 0 bridgehead atoms. The van der Waals surface area contributed by atoms with Gasteiger partial charge in [-0.15, -0.1) is 0 Å². The van der Waals surface area contributed by atoms with E-state index in [0.717, 1.165) is 66.1 Å². The lowest BCUT2D eigenvalue weighted by molar-refractivity contribution is 0.480. The smallest absolute Gasteiger partial charge is 0.155 e. The third kappa shape index (κ3) is 6.55. The fourth-order valence-electron chi connectivity index (χ4n) is 8.32. The number of nitrogens with zero attached hydrogens (tertiary/aromatic N) is 1. The van der Waals surface area contributed by atoms with Crippen LogP contribution in [0.4, 0.5) is 4.39 Å². The molecule has 0 fully saturated rings. The molecule has 0 spiro atoms. The van der Waals surface area contributed by atoms with Crippen molar-refractivity contribution in [1.29, 1.82) is 0 Å². The molecule has 0 atom stereocenters. The fourth-order valence-corrected chi connectivity index (χ4v) is 8.32. The third-order valence-corrected chi connectivity index (χ3v) is 11.5. The Balaban J connectivity index is 1.38. The lowest BCUT2D eigenvalue weighted by Gasteiger charge is -2.27. The van der Waals surface area contributed by atoms with Crippen LogP contribution in [0.5, 0.6) is 11.5 Å². The molecule has 0 N–H and O–H groups in total. The number of fused-ring (bicyclic) bond motifs is 7. The van der Waals surface area contributed by atoms with Gasteiger partial charge in [-0.2, -0.15) is 0 Å². The van der Waals surface area contributed by atoms with Gasteiger partial charge in [0.1, 0.15) is 22.7 Å². The van der Waals surface area contributed by atoms with Crippen molar-refractivity contribution in [2.24, 2.45) is 0 Å². The van der Waals surface area contributed by atoms with Crippen molar-refractivity contribution in [2.75, 3.05) is 0 Å². The number of rotatable bonds is 5. The predicted octanol–water partition coefficient (Wildman–Crippen LogP) is 15.8. The first kappa shape index (κ1) is 37.4. The van der Waals surface area contributed by atoms with Gasteiger partial charge in [0, 0.05) is 39.4 Å². The SMILES string of the molecule is CC(C)(C)c1cc(-n2c3ccc(C(C)(C)C)cc3c3c4c(cc(Oc5cc(F)cc(-c6ccccc6-c6ccccc6)c5)c32)oc2ccccc24)cc(C(C)(C)C)c1. The highest BCUT2D eigenvalue weighted by molar-refractivity contribution is 6.29. The summed E-state index contributed by atoms with van der Waals surface area (Å²) in [6.07, 6.45) is 0. The van der Waals surface area contributed by atoms with Gasteiger partial charge in [0.05, 0.1) is 11.0 Å². The van der Waals surface area contributed by atoms with Crippen LogP contribution in [0.25, 0.3) is 71.7 Å². The van der Waals surface area contributed by atoms with Crippen molar-refractivity contribution in [3.05, 3.63) is 162 Å². The van der Waals surface area contributed by atoms with Crippen molar-refractivity contribution in [2.45, 2.75) is 78.6 Å². The van der Waals surface area contributed by atoms with Crippen LogP contribution in [0.3, 0.4) is 0 Å². The highest BCUT2D eigenvalue weighted by atomic mass is 19.1. The van der Waals surface area contributed by atoms with Gasteiger partial charge in [-0.25, -0.2) is 4.39 Å². The molecule has 2 heterocycles. The van der Waals surface area contributed by atoms with Crippen molar-refractivity contribution < 1.29 is 13.5 Å². The summed E-state index contributed by atoms with van der Waals surface area (Å²) in [5.74, 6) is 0.613. The van der Waals surface area contributed by atoms with Crippen LogP contribution in [-0.2, 0) is 16.2 Å². The number of hydrogen-bond donors (Lipinski definition) is 0. The fraction of sp³-hybridized carbons (Fsp3) is 0.222. The number of furan rings is 1. The van der Waals surface area contributed by atoms with Gasteiger partial charge in [-0.05, 0) is 97.7 Å². The molecule has 0 aliphatic carbocycles. The molecule has 0 saturated heterocycles. The number of benzene rings is 7. The van der Waals surface area contributed by atoms with Crippen LogP contribution in [0.15, 0.2) is 144 Å². The quantitative estimate of drug-likeness (QED) is 0.175. The first-order valence-electron chi connectivity index (χ1n) is 20.3. The predicted molar refractivity (Wildman–Crippen MR) is 242 cm³/mol. The molecular formula is C54H50FNO2. The van der Waals surface area contributed by atoms with Gasteiger partial charge in [0.2, 0.25) is 0 Å². The van der Waals surface area contributed by atoms with Crippen molar-refractivity contribution >= 4 is 43.7 Å². The second-order valence-corrected chi connectivity index (χ2v) is 18.8. The van der Waals surface area contributed by atoms with Gasteiger partial charge in [-0.3, -0.25) is 0 Å². The van der Waals surface area contributed by atoms with Crippen LogP contribution >= 0.6 is 0 Å². The lowest BCUT2D eigenvalue weighted by atomic mass is 9.80. The molecular weight excluding hydrogens is 714 g/mol. The maximum atomic E-state index is 15.9. The van der Waals surface area contributed by atoms with Gasteiger partial charge >= 0.3 is 0 Å². The minimum atomic E-state index is -0.375. The molecule has 0 amide bonds. The Kier molecular flexibility index (Phi) is 8.70. The third-order valence-electron chi connectivity index (χ3n) is 11.5. The molecule has 0 radical (unpaired) electrons. The Morgan fingerprint density at radius 3 is 1.79 bits per heavy atom. The molecule has 58 heavy (non-hydrogen) atoms. The first-order chi connectivity index (χ1) is 27.5. The van der Waals surface area contributed by atoms with E-state index >= 15 is 4.39 Å². The molecule has 9 rings (SSSR count). The highest BCUT2D eigenvalue weighted by Crippen LogP contribution is 2.48. The second kappa shape index (κ2) is 13.5. The summed E-state index contributed by atoms with van der Waals surface area (Å²) < 4.78 is 32.0. The molecule has 9 aromatic rings. The molecule has 7 aromatic carbocycles. The molecule has 2 aromatic heterocycles. The zero-order valence-corrected chi connectivity index (χ0v) is 34.9. The average Bonchev–Trinajstić information content (AvgIpc) is 3.72. The number of ether oxygens (including phenoxy) is 1. The maximum Gasteiger partial charge on any atom is 0.155 e. The molecule has 3 nitrogen and oxygen atoms in total. The van der Waals surface area contributed by atoms with E-state index in [1.807, 2.05) is 60.7 Å². The number of aromatic nitrogens is 1. The molecule has 0 saturated carbocycles. The Morgan fingerprint density at radius 1 is 0.500 bits per heavy atom. The van der Waals surface area contributed by atoms with Gasteiger partial charge in [0.25, 0.3) is 0 Å². The van der Waals surface area contributed by atoms with Crippen LogP contribution in [0.2, 0.25) is 0 Å². The van der Waals surface area contributed by atoms with Crippen LogP contribution in [0.1, 0.15) is 79.0 Å². The summed E-state index contributed by atoms with van der Waals surface area (Å²) in [6, 6.07) is 47.5. The molecule has 0 aliphatic heterocycles. The number of para-hydroxylation sites is 1. The summed E-state index contributed by atoms with van der Waals surface area (Å²) in [5, 5.41) is 4.23. The minimum absolute atomic E-state index is 0.0894. The highest BCUT2D eigenvalue weighted by Gasteiger charge is 2.28. The van der Waals surface area contributed by atoms with E-state index in [9.17, 15) is 0 Å². The van der Waals surface area contributed by atoms with E-state index in [0.29, 0.717) is 17.1 Å². The zero-order valence-electron chi connectivity index (χ0n) is 34.9. The molecule has 0 unspecified atom stereocenters. The summed E-state index contributed by atoms with van der Waals surface area (Å²) in [5.41, 5.74) is 11.7. The summed E-state index contributed by atoms with van der Waals surface area (Å²) >= 11 is 0. The van der Waals surface area contributed by atoms with E-state index in [1.165, 1.54) is 22.8 Å². The van der Waals surface area contributed by atoms with Crippen molar-refractivity contribution in [3.8, 4) is 39.4 Å². The standard InChI is InChI=1S/C54H50FNO2/c1-52(2,3)35-23-24-45-44(30-35)50-49-43-21-15-16-22-46(43)58-47(49)32-48(51(50)56(45)39-28-36(53(4,5)6)27-37(29-39)54(7,8)9)57-40-26-34(25-38(55)31-40)42-20-14-13-19-41(42)33-17-11-10-12-18-33/h10-32H,1-9H3. The van der Waals surface area contributed by atoms with Crippen LogP contribution in [0, 0.1) is 5.82 Å². The van der Waals surface area contributed by atoms with E-state index in [4.69, 9.17) is 9.15 Å². The summed E-state index contributed by atoms with van der Waals surface area (Å²) in [6.45, 7) is 20.4. The van der Waals surface area contributed by atoms with Crippen LogP contribution < -0.4 is 4.74 Å². The Morgan fingerprint density at radius 2 is 1.12 bits per heavy atom. The molecule has 4 heteroatoms. The van der Waals surface area contributed by atoms with Gasteiger partial charge in [0.15, 0.2) is 5.75 Å². The van der Waals surface area contributed by atoms with Gasteiger partial charge in [-0.1, -0.05) is 147 Å². The van der Waals surface area contributed by atoms with E-state index in [-0.39, 0.29) is 22.1 Å². The molecule has 290 valence electrons. The maximum absolute atomic E-state index is 15.9. The average molecular weight is 764 g/mol. The number of hydrogen-bond acceptors (Lipinski definition) is 2. The van der Waals surface area contributed by atoms with Gasteiger partial charge < -0.3 is 13.7 Å². The monoisotopic (exact) mass is 763 g/mol. The minimum Gasteiger partial charge on any atom is -0.456 e. The molecule has 0 aliphatic rings. The first-order valence-corrected chi connectivity index (χ1v) is 20.3. The Hall–Kier alpha value is -6.13. The van der Waals surface area contributed by atoms with Crippen LogP contribution in [-0.4, -0.2) is 4.57 Å². The van der Waals surface area contributed by atoms with E-state index in [2.05, 4.69) is 134 Å². The lowest BCUT2D eigenvalue weighted by Crippen LogP contribution is -2.17. The zero-order chi connectivity index (χ0) is 40.7. The second-order valence-electron chi connectivity index (χ2n) is 18.8. The normalized spacial score (nSPS) is 12.7. The van der Waals surface area contributed by atoms with Crippen molar-refractivity contribution in [1.82, 2.24) is 4.57 Å². The number of halogens is 1. The van der Waals surface area contributed by atoms with E-state index in [1.54, 1.807) is 6.07 Å². The summed E-state index contributed by atoms with van der Waals surface area (Å²) in [4.78, 5) is 0. The Labute approximate surface area is 340 Å². The summed E-state index contributed by atoms with van der Waals surface area (Å²) in [7, 11) is 0. The van der Waals surface area contributed by atoms with E-state index < -0.39 is 0 Å². The Bertz CT molecular complexity index is 3000. The topological polar surface area (TPSA) is 27.3 Å². The van der Waals surface area contributed by atoms with Crippen molar-refractivity contribution in [3.63, 3.8) is 0 Å². The largest absolute Gasteiger partial charge is 0.456 e.